The van der Waals surface area contributed by atoms with Crippen LogP contribution >= 0.6 is 38.9 Å². The smallest absolute Gasteiger partial charge is 0.307 e. The molecule has 0 saturated heterocycles. The summed E-state index contributed by atoms with van der Waals surface area (Å²) < 4.78 is 1.74. The average Bonchev–Trinajstić information content (AvgIpc) is 3.10. The molecule has 0 radical (unpaired) electrons. The summed E-state index contributed by atoms with van der Waals surface area (Å²) in [7, 11) is 0. The van der Waals surface area contributed by atoms with Gasteiger partial charge in [-0.3, -0.25) is 4.79 Å². The number of H-pyrrole nitrogens is 1. The zero-order chi connectivity index (χ0) is 17.6. The van der Waals surface area contributed by atoms with Gasteiger partial charge in [0.25, 0.3) is 0 Å². The van der Waals surface area contributed by atoms with Crippen LogP contribution in [0, 0.1) is 0 Å². The van der Waals surface area contributed by atoms with E-state index >= 15 is 0 Å². The first-order valence-corrected chi connectivity index (χ1v) is 9.16. The number of benzene rings is 2. The first kappa shape index (κ1) is 16.3. The lowest BCUT2D eigenvalue weighted by Gasteiger charge is -1.93. The van der Waals surface area contributed by atoms with Gasteiger partial charge in [-0.1, -0.05) is 45.7 Å². The van der Waals surface area contributed by atoms with Crippen LogP contribution in [0.4, 0.5) is 5.69 Å². The molecule has 0 unspecified atom stereocenters. The molecule has 4 rings (SSSR count). The van der Waals surface area contributed by atoms with Crippen LogP contribution in [0.3, 0.4) is 0 Å². The second kappa shape index (κ2) is 6.25. The number of hydrogen-bond acceptors (Lipinski definition) is 4. The number of thiophene rings is 1. The number of aromatic amines is 1. The lowest BCUT2D eigenvalue weighted by molar-refractivity contribution is 0.0999. The maximum atomic E-state index is 12.4. The van der Waals surface area contributed by atoms with Gasteiger partial charge in [0.2, 0.25) is 5.88 Å². The summed E-state index contributed by atoms with van der Waals surface area (Å²) in [4.78, 5) is 15.5. The second-order valence-corrected chi connectivity index (χ2v) is 7.60. The molecule has 0 saturated carbocycles. The molecule has 2 heterocycles. The molecular formula is C17H9BrClN3O2S. The second-order valence-electron chi connectivity index (χ2n) is 5.26. The number of halogens is 2. The van der Waals surface area contributed by atoms with E-state index in [2.05, 4.69) is 31.1 Å². The van der Waals surface area contributed by atoms with Crippen molar-refractivity contribution in [3.05, 3.63) is 56.8 Å². The van der Waals surface area contributed by atoms with Crippen molar-refractivity contribution in [3.63, 3.8) is 0 Å². The first-order valence-electron chi connectivity index (χ1n) is 7.18. The van der Waals surface area contributed by atoms with Gasteiger partial charge in [0.05, 0.1) is 10.5 Å². The Hall–Kier alpha value is -2.22. The van der Waals surface area contributed by atoms with Crippen molar-refractivity contribution in [2.24, 2.45) is 10.2 Å². The minimum Gasteiger partial charge on any atom is -0.493 e. The fourth-order valence-corrected chi connectivity index (χ4v) is 4.28. The molecule has 2 aromatic carbocycles. The molecule has 0 aliphatic rings. The molecule has 0 aliphatic heterocycles. The zero-order valence-corrected chi connectivity index (χ0v) is 15.6. The van der Waals surface area contributed by atoms with E-state index in [1.54, 1.807) is 12.1 Å². The van der Waals surface area contributed by atoms with Gasteiger partial charge in [-0.05, 0) is 24.3 Å². The molecule has 0 aliphatic carbocycles. The number of azo groups is 1. The maximum Gasteiger partial charge on any atom is 0.307 e. The number of nitrogens with zero attached hydrogens (tertiary/aromatic N) is 2. The van der Waals surface area contributed by atoms with Crippen molar-refractivity contribution in [2.45, 2.75) is 0 Å². The number of carbonyl (C=O) groups excluding carboxylic acids is 1. The molecule has 2 N–H and O–H groups in total. The summed E-state index contributed by atoms with van der Waals surface area (Å²) in [5, 5.41) is 19.6. The van der Waals surface area contributed by atoms with Crippen LogP contribution in [-0.2, 0) is 0 Å². The molecular weight excluding hydrogens is 426 g/mol. The molecule has 0 fully saturated rings. The molecule has 25 heavy (non-hydrogen) atoms. The summed E-state index contributed by atoms with van der Waals surface area (Å²) in [5.74, 6) is -0.693. The average molecular weight is 435 g/mol. The Morgan fingerprint density at radius 1 is 1.20 bits per heavy atom. The van der Waals surface area contributed by atoms with E-state index in [0.717, 1.165) is 14.6 Å². The van der Waals surface area contributed by atoms with Crippen LogP contribution in [0.15, 0.2) is 57.2 Å². The summed E-state index contributed by atoms with van der Waals surface area (Å²) >= 11 is 10.9. The van der Waals surface area contributed by atoms with Gasteiger partial charge in [-0.25, -0.2) is 0 Å². The van der Waals surface area contributed by atoms with Gasteiger partial charge < -0.3 is 10.1 Å². The van der Waals surface area contributed by atoms with Crippen molar-refractivity contribution in [1.29, 1.82) is 0 Å². The molecule has 0 bridgehead atoms. The third-order valence-electron chi connectivity index (χ3n) is 3.68. The van der Waals surface area contributed by atoms with E-state index in [9.17, 15) is 9.90 Å². The summed E-state index contributed by atoms with van der Waals surface area (Å²) in [5.41, 5.74) is 0.906. The number of carbonyl (C=O) groups is 1. The Kier molecular flexibility index (Phi) is 4.07. The molecule has 2 aromatic heterocycles. The predicted molar refractivity (Wildman–Crippen MR) is 103 cm³/mol. The van der Waals surface area contributed by atoms with Crippen LogP contribution in [-0.4, -0.2) is 16.0 Å². The van der Waals surface area contributed by atoms with Crippen LogP contribution in [0.25, 0.3) is 21.0 Å². The van der Waals surface area contributed by atoms with Gasteiger partial charge >= 0.3 is 5.91 Å². The highest BCUT2D eigenvalue weighted by molar-refractivity contribution is 9.10. The van der Waals surface area contributed by atoms with Crippen molar-refractivity contribution in [1.82, 2.24) is 4.98 Å². The number of rotatable bonds is 2. The van der Waals surface area contributed by atoms with Gasteiger partial charge in [-0.15, -0.1) is 21.6 Å². The number of aromatic nitrogens is 1. The van der Waals surface area contributed by atoms with E-state index in [4.69, 9.17) is 11.6 Å². The highest BCUT2D eigenvalue weighted by atomic mass is 79.9. The predicted octanol–water partition coefficient (Wildman–Crippen LogP) is 6.43. The molecule has 5 nitrogen and oxygen atoms in total. The maximum absolute atomic E-state index is 12.4. The molecule has 8 heteroatoms. The number of hydrogen-bond donors (Lipinski definition) is 2. The van der Waals surface area contributed by atoms with Crippen molar-refractivity contribution in [2.75, 3.05) is 0 Å². The standard InChI is InChI=1S/C17H9BrClN3O2S/c18-8-5-6-11-10(7-8)14(16(23)20-11)21-22-17(24)15-13(19)9-3-1-2-4-12(9)25-15/h1-7,20,23H. The SMILES string of the molecule is O=C(N=Nc1c(O)[nH]c2ccc(Br)cc12)c1sc2ccccc2c1Cl. The monoisotopic (exact) mass is 433 g/mol. The first-order chi connectivity index (χ1) is 12.0. The van der Waals surface area contributed by atoms with E-state index in [1.165, 1.54) is 11.3 Å². The Morgan fingerprint density at radius 2 is 2.00 bits per heavy atom. The Balaban J connectivity index is 1.74. The Morgan fingerprint density at radius 3 is 2.80 bits per heavy atom. The van der Waals surface area contributed by atoms with Crippen LogP contribution in [0.5, 0.6) is 5.88 Å². The molecule has 4 aromatic rings. The van der Waals surface area contributed by atoms with Crippen LogP contribution in [0.2, 0.25) is 5.02 Å². The van der Waals surface area contributed by atoms with Gasteiger partial charge in [0, 0.05) is 19.9 Å². The molecule has 1 amide bonds. The summed E-state index contributed by atoms with van der Waals surface area (Å²) in [6.45, 7) is 0. The highest BCUT2D eigenvalue weighted by Crippen LogP contribution is 2.38. The van der Waals surface area contributed by atoms with Crippen LogP contribution in [0.1, 0.15) is 9.67 Å². The molecule has 0 spiro atoms. The fourth-order valence-electron chi connectivity index (χ4n) is 2.53. The van der Waals surface area contributed by atoms with Crippen LogP contribution < -0.4 is 0 Å². The Bertz CT molecular complexity index is 1170. The summed E-state index contributed by atoms with van der Waals surface area (Å²) in [6.07, 6.45) is 0. The minimum absolute atomic E-state index is 0.146. The quantitative estimate of drug-likeness (QED) is 0.357. The van der Waals surface area contributed by atoms with Gasteiger partial charge in [0.15, 0.2) is 5.69 Å². The van der Waals surface area contributed by atoms with Gasteiger partial charge in [0.1, 0.15) is 4.88 Å². The number of aromatic hydroxyl groups is 1. The normalized spacial score (nSPS) is 11.8. The van der Waals surface area contributed by atoms with E-state index in [1.807, 2.05) is 30.3 Å². The lowest BCUT2D eigenvalue weighted by atomic mass is 10.2. The Labute approximate surface area is 159 Å². The topological polar surface area (TPSA) is 77.8 Å². The molecule has 124 valence electrons. The summed E-state index contributed by atoms with van der Waals surface area (Å²) in [6, 6.07) is 12.9. The van der Waals surface area contributed by atoms with E-state index in [-0.39, 0.29) is 11.6 Å². The third-order valence-corrected chi connectivity index (χ3v) is 5.84. The zero-order valence-electron chi connectivity index (χ0n) is 12.5. The number of amides is 1. The highest BCUT2D eigenvalue weighted by Gasteiger charge is 2.17. The lowest BCUT2D eigenvalue weighted by Crippen LogP contribution is -1.89. The van der Waals surface area contributed by atoms with Crippen molar-refractivity contribution in [3.8, 4) is 5.88 Å². The van der Waals surface area contributed by atoms with Crippen molar-refractivity contribution >= 4 is 71.5 Å². The largest absolute Gasteiger partial charge is 0.493 e. The van der Waals surface area contributed by atoms with E-state index in [0.29, 0.717) is 20.8 Å². The van der Waals surface area contributed by atoms with E-state index < -0.39 is 5.91 Å². The fraction of sp³-hybridized carbons (Fsp3) is 0. The number of nitrogens with one attached hydrogen (secondary N) is 1. The molecule has 0 atom stereocenters. The van der Waals surface area contributed by atoms with Crippen molar-refractivity contribution < 1.29 is 9.90 Å². The third kappa shape index (κ3) is 2.84. The van der Waals surface area contributed by atoms with Gasteiger partial charge in [-0.2, -0.15) is 0 Å². The minimum atomic E-state index is -0.546. The number of fused-ring (bicyclic) bond motifs is 2.